The van der Waals surface area contributed by atoms with Crippen LogP contribution < -0.4 is 5.73 Å². The Balaban J connectivity index is 2.00. The third-order valence-electron chi connectivity index (χ3n) is 3.43. The van der Waals surface area contributed by atoms with Crippen molar-refractivity contribution in [3.8, 4) is 0 Å². The van der Waals surface area contributed by atoms with Gasteiger partial charge in [-0.2, -0.15) is 13.2 Å². The fraction of sp³-hybridized carbons (Fsp3) is 0.818. The van der Waals surface area contributed by atoms with Crippen molar-refractivity contribution < 1.29 is 13.2 Å². The first-order chi connectivity index (χ1) is 8.91. The van der Waals surface area contributed by atoms with E-state index >= 15 is 0 Å². The molecule has 1 aromatic heterocycles. The maximum absolute atomic E-state index is 12.7. The molecule has 1 aromatic rings. The Morgan fingerprint density at radius 3 is 2.68 bits per heavy atom. The number of hydrogen-bond donors (Lipinski definition) is 1. The molecule has 1 aliphatic rings. The molecule has 1 unspecified atom stereocenters. The molecule has 0 aromatic carbocycles. The fourth-order valence-corrected chi connectivity index (χ4v) is 2.13. The van der Waals surface area contributed by atoms with Crippen molar-refractivity contribution in [3.05, 3.63) is 11.6 Å². The highest BCUT2D eigenvalue weighted by atomic mass is 19.4. The van der Waals surface area contributed by atoms with E-state index in [0.717, 1.165) is 13.0 Å². The van der Waals surface area contributed by atoms with E-state index in [2.05, 4.69) is 22.0 Å². The van der Waals surface area contributed by atoms with Gasteiger partial charge in [-0.05, 0) is 25.4 Å². The van der Waals surface area contributed by atoms with Crippen LogP contribution >= 0.6 is 0 Å². The number of halogens is 3. The van der Waals surface area contributed by atoms with Crippen LogP contribution in [0.25, 0.3) is 0 Å². The molecule has 0 saturated carbocycles. The Morgan fingerprint density at radius 2 is 2.05 bits per heavy atom. The largest absolute Gasteiger partial charge is 0.451 e. The monoisotopic (exact) mass is 277 g/mol. The Bertz CT molecular complexity index is 428. The maximum atomic E-state index is 12.7. The van der Waals surface area contributed by atoms with Crippen LogP contribution in [0.15, 0.2) is 0 Å². The lowest BCUT2D eigenvalue weighted by atomic mass is 10.1. The van der Waals surface area contributed by atoms with Gasteiger partial charge in [0.25, 0.3) is 0 Å². The van der Waals surface area contributed by atoms with Gasteiger partial charge in [0, 0.05) is 13.1 Å². The molecule has 0 bridgehead atoms. The molecule has 19 heavy (non-hydrogen) atoms. The van der Waals surface area contributed by atoms with Crippen LogP contribution in [0.4, 0.5) is 13.2 Å². The van der Waals surface area contributed by atoms with Crippen LogP contribution in [-0.2, 0) is 19.3 Å². The Kier molecular flexibility index (Phi) is 4.10. The van der Waals surface area contributed by atoms with Crippen molar-refractivity contribution in [2.24, 2.45) is 11.7 Å². The lowest BCUT2D eigenvalue weighted by Gasteiger charge is -2.28. The first-order valence-corrected chi connectivity index (χ1v) is 6.33. The number of rotatable bonds is 4. The molecule has 0 amide bonds. The van der Waals surface area contributed by atoms with Gasteiger partial charge in [0.1, 0.15) is 5.82 Å². The van der Waals surface area contributed by atoms with Crippen LogP contribution in [0, 0.1) is 5.92 Å². The molecule has 108 valence electrons. The second-order valence-electron chi connectivity index (χ2n) is 4.99. The minimum absolute atomic E-state index is 0.286. The van der Waals surface area contributed by atoms with Crippen LogP contribution in [0.3, 0.4) is 0 Å². The molecule has 1 aliphatic heterocycles. The van der Waals surface area contributed by atoms with Gasteiger partial charge in [0.05, 0.1) is 6.54 Å². The number of aromatic nitrogens is 3. The molecular formula is C11H18F3N5. The molecule has 0 spiro atoms. The number of fused-ring (bicyclic) bond motifs is 1. The highest BCUT2D eigenvalue weighted by Crippen LogP contribution is 2.29. The molecule has 0 saturated heterocycles. The minimum atomic E-state index is -4.43. The van der Waals surface area contributed by atoms with E-state index in [1.165, 1.54) is 4.57 Å². The molecule has 2 rings (SSSR count). The van der Waals surface area contributed by atoms with Crippen LogP contribution in [0.1, 0.15) is 25.0 Å². The van der Waals surface area contributed by atoms with Gasteiger partial charge >= 0.3 is 6.18 Å². The van der Waals surface area contributed by atoms with E-state index in [-0.39, 0.29) is 6.54 Å². The van der Waals surface area contributed by atoms with Crippen molar-refractivity contribution in [1.29, 1.82) is 0 Å². The van der Waals surface area contributed by atoms with Crippen molar-refractivity contribution >= 4 is 0 Å². The zero-order chi connectivity index (χ0) is 14.0. The Morgan fingerprint density at radius 1 is 1.32 bits per heavy atom. The van der Waals surface area contributed by atoms with Gasteiger partial charge in [0.2, 0.25) is 5.82 Å². The molecule has 5 nitrogen and oxygen atoms in total. The van der Waals surface area contributed by atoms with Gasteiger partial charge in [-0.15, -0.1) is 10.2 Å². The first-order valence-electron chi connectivity index (χ1n) is 6.33. The maximum Gasteiger partial charge on any atom is 0.451 e. The predicted octanol–water partition coefficient (Wildman–Crippen LogP) is 1.10. The van der Waals surface area contributed by atoms with E-state index < -0.39 is 12.0 Å². The molecule has 0 radical (unpaired) electrons. The summed E-state index contributed by atoms with van der Waals surface area (Å²) < 4.78 is 39.1. The summed E-state index contributed by atoms with van der Waals surface area (Å²) in [7, 11) is 0. The van der Waals surface area contributed by atoms with Crippen LogP contribution in [0.2, 0.25) is 0 Å². The van der Waals surface area contributed by atoms with Gasteiger partial charge in [-0.1, -0.05) is 6.92 Å². The minimum Gasteiger partial charge on any atom is -0.330 e. The summed E-state index contributed by atoms with van der Waals surface area (Å²) in [4.78, 5) is 2.09. The second-order valence-corrected chi connectivity index (χ2v) is 4.99. The molecular weight excluding hydrogens is 259 g/mol. The number of nitrogens with zero attached hydrogens (tertiary/aromatic N) is 4. The van der Waals surface area contributed by atoms with Crippen molar-refractivity contribution in [2.45, 2.75) is 32.6 Å². The van der Waals surface area contributed by atoms with Crippen LogP contribution in [-0.4, -0.2) is 39.3 Å². The lowest BCUT2D eigenvalue weighted by Crippen LogP contribution is -2.36. The second kappa shape index (κ2) is 5.46. The average Bonchev–Trinajstić information content (AvgIpc) is 2.78. The van der Waals surface area contributed by atoms with Crippen molar-refractivity contribution in [2.75, 3.05) is 19.6 Å². The highest BCUT2D eigenvalue weighted by Gasteiger charge is 2.39. The smallest absolute Gasteiger partial charge is 0.330 e. The molecule has 2 N–H and O–H groups in total. The summed E-state index contributed by atoms with van der Waals surface area (Å²) in [6, 6.07) is 0. The third-order valence-corrected chi connectivity index (χ3v) is 3.43. The predicted molar refractivity (Wildman–Crippen MR) is 63.1 cm³/mol. The summed E-state index contributed by atoms with van der Waals surface area (Å²) >= 11 is 0. The fourth-order valence-electron chi connectivity index (χ4n) is 2.13. The summed E-state index contributed by atoms with van der Waals surface area (Å²) in [5, 5.41) is 6.90. The summed E-state index contributed by atoms with van der Waals surface area (Å²) in [6.07, 6.45) is -3.49. The number of nitrogens with two attached hydrogens (primary N) is 1. The van der Waals surface area contributed by atoms with E-state index in [1.807, 2.05) is 0 Å². The molecule has 8 heteroatoms. The van der Waals surface area contributed by atoms with Gasteiger partial charge in [-0.3, -0.25) is 4.90 Å². The van der Waals surface area contributed by atoms with E-state index in [9.17, 15) is 13.2 Å². The molecule has 1 atom stereocenters. The van der Waals surface area contributed by atoms with Gasteiger partial charge in [0.15, 0.2) is 0 Å². The highest BCUT2D eigenvalue weighted by molar-refractivity contribution is 5.02. The molecule has 2 heterocycles. The standard InChI is InChI=1S/C11H18F3N5/c1-8(6-15)2-3-18-4-5-19-9(7-18)16-17-10(19)11(12,13)14/h8H,2-7,15H2,1H3. The number of hydrogen-bond acceptors (Lipinski definition) is 4. The zero-order valence-corrected chi connectivity index (χ0v) is 10.8. The lowest BCUT2D eigenvalue weighted by molar-refractivity contribution is -0.148. The van der Waals surface area contributed by atoms with E-state index in [1.54, 1.807) is 0 Å². The van der Waals surface area contributed by atoms with Crippen LogP contribution in [0.5, 0.6) is 0 Å². The molecule has 0 fully saturated rings. The van der Waals surface area contributed by atoms with Gasteiger partial charge in [-0.25, -0.2) is 0 Å². The average molecular weight is 277 g/mol. The first kappa shape index (κ1) is 14.3. The normalized spacial score (nSPS) is 18.4. The van der Waals surface area contributed by atoms with Crippen molar-refractivity contribution in [1.82, 2.24) is 19.7 Å². The van der Waals surface area contributed by atoms with E-state index in [0.29, 0.717) is 31.4 Å². The Hall–Kier alpha value is -1.15. The molecule has 0 aliphatic carbocycles. The van der Waals surface area contributed by atoms with Crippen molar-refractivity contribution in [3.63, 3.8) is 0 Å². The van der Waals surface area contributed by atoms with Gasteiger partial charge < -0.3 is 10.3 Å². The quantitative estimate of drug-likeness (QED) is 0.895. The Labute approximate surface area is 109 Å². The summed E-state index contributed by atoms with van der Waals surface area (Å²) in [5.41, 5.74) is 5.55. The van der Waals surface area contributed by atoms with E-state index in [4.69, 9.17) is 5.73 Å². The summed E-state index contributed by atoms with van der Waals surface area (Å²) in [5.74, 6) is -0.0815. The zero-order valence-electron chi connectivity index (χ0n) is 10.8. The third kappa shape index (κ3) is 3.24. The number of alkyl halides is 3. The SMILES string of the molecule is CC(CN)CCN1CCn2c(nnc2C(F)(F)F)C1. The topological polar surface area (TPSA) is 60.0 Å². The summed E-state index contributed by atoms with van der Waals surface area (Å²) in [6.45, 7) is 4.81.